The normalized spacial score (nSPS) is 17.4. The van der Waals surface area contributed by atoms with Gasteiger partial charge in [0.1, 0.15) is 6.04 Å². The summed E-state index contributed by atoms with van der Waals surface area (Å²) in [5.41, 5.74) is 0.267. The maximum Gasteiger partial charge on any atom is 0.416 e. The van der Waals surface area contributed by atoms with Crippen LogP contribution in [0.3, 0.4) is 0 Å². The van der Waals surface area contributed by atoms with Gasteiger partial charge in [0.2, 0.25) is 5.91 Å². The summed E-state index contributed by atoms with van der Waals surface area (Å²) < 4.78 is 37.7. The first-order chi connectivity index (χ1) is 12.3. The predicted octanol–water partition coefficient (Wildman–Crippen LogP) is 3.24. The Labute approximate surface area is 148 Å². The molecule has 1 aliphatic heterocycles. The van der Waals surface area contributed by atoms with E-state index in [1.54, 1.807) is 4.90 Å². The second-order valence-electron chi connectivity index (χ2n) is 6.14. The van der Waals surface area contributed by atoms with E-state index in [4.69, 9.17) is 0 Å². The van der Waals surface area contributed by atoms with Crippen molar-refractivity contribution in [3.8, 4) is 0 Å². The molecule has 0 saturated carbocycles. The fraction of sp³-hybridized carbons (Fsp3) is 0.263. The molecule has 0 spiro atoms. The van der Waals surface area contributed by atoms with E-state index in [1.165, 1.54) is 0 Å². The smallest absolute Gasteiger partial charge is 0.340 e. The van der Waals surface area contributed by atoms with E-state index in [2.05, 4.69) is 5.32 Å². The van der Waals surface area contributed by atoms with E-state index < -0.39 is 23.7 Å². The zero-order valence-corrected chi connectivity index (χ0v) is 13.8. The third kappa shape index (κ3) is 4.04. The van der Waals surface area contributed by atoms with E-state index in [1.807, 2.05) is 30.3 Å². The zero-order valence-electron chi connectivity index (χ0n) is 13.8. The number of halogens is 3. The molecule has 1 aliphatic rings. The lowest BCUT2D eigenvalue weighted by atomic mass is 10.1. The van der Waals surface area contributed by atoms with Crippen LogP contribution >= 0.6 is 0 Å². The monoisotopic (exact) mass is 362 g/mol. The number of carbonyl (C=O) groups is 2. The van der Waals surface area contributed by atoms with Crippen LogP contribution in [0, 0.1) is 0 Å². The Balaban J connectivity index is 1.60. The van der Waals surface area contributed by atoms with Crippen molar-refractivity contribution in [3.63, 3.8) is 0 Å². The van der Waals surface area contributed by atoms with Gasteiger partial charge in [-0.2, -0.15) is 13.2 Å². The Morgan fingerprint density at radius 1 is 1.08 bits per heavy atom. The highest BCUT2D eigenvalue weighted by Gasteiger charge is 2.33. The van der Waals surface area contributed by atoms with Crippen molar-refractivity contribution in [2.24, 2.45) is 0 Å². The molecule has 7 heteroatoms. The van der Waals surface area contributed by atoms with E-state index in [0.29, 0.717) is 19.5 Å². The molecule has 2 amide bonds. The molecule has 0 bridgehead atoms. The maximum atomic E-state index is 12.6. The summed E-state index contributed by atoms with van der Waals surface area (Å²) >= 11 is 0. The molecule has 136 valence electrons. The number of benzene rings is 2. The zero-order chi connectivity index (χ0) is 18.7. The average Bonchev–Trinajstić information content (AvgIpc) is 2.95. The lowest BCUT2D eigenvalue weighted by Gasteiger charge is -2.17. The largest absolute Gasteiger partial charge is 0.416 e. The fourth-order valence-electron chi connectivity index (χ4n) is 2.89. The van der Waals surface area contributed by atoms with Crippen LogP contribution in [0.5, 0.6) is 0 Å². The SMILES string of the molecule is O=C(N[C@H]1CCN(Cc2ccccc2)C1=O)c1ccc(C(F)(F)F)cc1. The van der Waals surface area contributed by atoms with Gasteiger partial charge in [-0.25, -0.2) is 0 Å². The van der Waals surface area contributed by atoms with Crippen LogP contribution in [0.25, 0.3) is 0 Å². The van der Waals surface area contributed by atoms with Gasteiger partial charge in [0, 0.05) is 18.7 Å². The molecule has 1 atom stereocenters. The Hall–Kier alpha value is -2.83. The second-order valence-corrected chi connectivity index (χ2v) is 6.14. The Bertz CT molecular complexity index is 789. The number of alkyl halides is 3. The van der Waals surface area contributed by atoms with Crippen LogP contribution < -0.4 is 5.32 Å². The maximum absolute atomic E-state index is 12.6. The van der Waals surface area contributed by atoms with E-state index in [0.717, 1.165) is 29.8 Å². The molecule has 0 aliphatic carbocycles. The van der Waals surface area contributed by atoms with Gasteiger partial charge in [0.25, 0.3) is 5.91 Å². The number of hydrogen-bond donors (Lipinski definition) is 1. The highest BCUT2D eigenvalue weighted by atomic mass is 19.4. The van der Waals surface area contributed by atoms with E-state index >= 15 is 0 Å². The summed E-state index contributed by atoms with van der Waals surface area (Å²) in [6.07, 6.45) is -3.98. The first-order valence-corrected chi connectivity index (χ1v) is 8.15. The molecule has 1 saturated heterocycles. The van der Waals surface area contributed by atoms with Crippen LogP contribution in [0.15, 0.2) is 54.6 Å². The van der Waals surface area contributed by atoms with Crippen LogP contribution in [0.2, 0.25) is 0 Å². The van der Waals surface area contributed by atoms with Gasteiger partial charge in [-0.15, -0.1) is 0 Å². The van der Waals surface area contributed by atoms with Crippen molar-refractivity contribution >= 4 is 11.8 Å². The number of amides is 2. The van der Waals surface area contributed by atoms with Crippen LogP contribution in [-0.4, -0.2) is 29.3 Å². The molecule has 0 unspecified atom stereocenters. The third-order valence-corrected chi connectivity index (χ3v) is 4.29. The Morgan fingerprint density at radius 2 is 1.73 bits per heavy atom. The standard InChI is InChI=1S/C19H17F3N2O2/c20-19(21,22)15-8-6-14(7-9-15)17(25)23-16-10-11-24(18(16)26)12-13-4-2-1-3-5-13/h1-9,16H,10-12H2,(H,23,25)/t16-/m0/s1. The Morgan fingerprint density at radius 3 is 2.35 bits per heavy atom. The molecule has 2 aromatic rings. The lowest BCUT2D eigenvalue weighted by molar-refractivity contribution is -0.137. The summed E-state index contributed by atoms with van der Waals surface area (Å²) in [5.74, 6) is -0.743. The first kappa shape index (κ1) is 18.0. The quantitative estimate of drug-likeness (QED) is 0.908. The van der Waals surface area contributed by atoms with Crippen molar-refractivity contribution in [1.29, 1.82) is 0 Å². The minimum atomic E-state index is -4.45. The molecule has 0 radical (unpaired) electrons. The average molecular weight is 362 g/mol. The van der Waals surface area contributed by atoms with Gasteiger partial charge < -0.3 is 10.2 Å². The highest BCUT2D eigenvalue weighted by molar-refractivity contribution is 5.98. The summed E-state index contributed by atoms with van der Waals surface area (Å²) in [5, 5.41) is 2.61. The van der Waals surface area contributed by atoms with Gasteiger partial charge in [-0.3, -0.25) is 9.59 Å². The third-order valence-electron chi connectivity index (χ3n) is 4.29. The van der Waals surface area contributed by atoms with Crippen molar-refractivity contribution < 1.29 is 22.8 Å². The van der Waals surface area contributed by atoms with Gasteiger partial charge >= 0.3 is 6.18 Å². The number of hydrogen-bond acceptors (Lipinski definition) is 2. The molecular weight excluding hydrogens is 345 g/mol. The number of nitrogens with one attached hydrogen (secondary N) is 1. The van der Waals surface area contributed by atoms with E-state index in [-0.39, 0.29) is 11.5 Å². The van der Waals surface area contributed by atoms with Gasteiger partial charge in [0.05, 0.1) is 5.56 Å². The lowest BCUT2D eigenvalue weighted by Crippen LogP contribution is -2.41. The number of nitrogens with zero attached hydrogens (tertiary/aromatic N) is 1. The topological polar surface area (TPSA) is 49.4 Å². The Kier molecular flexibility index (Phi) is 4.97. The second kappa shape index (κ2) is 7.19. The summed E-state index contributed by atoms with van der Waals surface area (Å²) in [6, 6.07) is 12.8. The molecule has 0 aromatic heterocycles. The molecule has 2 aromatic carbocycles. The molecule has 26 heavy (non-hydrogen) atoms. The predicted molar refractivity (Wildman–Crippen MR) is 89.2 cm³/mol. The summed E-state index contributed by atoms with van der Waals surface area (Å²) in [6.45, 7) is 0.984. The molecule has 1 fully saturated rings. The van der Waals surface area contributed by atoms with Crippen LogP contribution in [0.4, 0.5) is 13.2 Å². The molecule has 3 rings (SSSR count). The van der Waals surface area contributed by atoms with E-state index in [9.17, 15) is 22.8 Å². The molecule has 1 N–H and O–H groups in total. The van der Waals surface area contributed by atoms with Gasteiger partial charge in [-0.05, 0) is 36.2 Å². The summed E-state index contributed by atoms with van der Waals surface area (Å²) in [7, 11) is 0. The molecule has 1 heterocycles. The fourth-order valence-corrected chi connectivity index (χ4v) is 2.89. The highest BCUT2D eigenvalue weighted by Crippen LogP contribution is 2.29. The number of likely N-dealkylation sites (tertiary alicyclic amines) is 1. The van der Waals surface area contributed by atoms with Crippen molar-refractivity contribution in [1.82, 2.24) is 10.2 Å². The van der Waals surface area contributed by atoms with Crippen molar-refractivity contribution in [2.75, 3.05) is 6.54 Å². The van der Waals surface area contributed by atoms with Gasteiger partial charge in [-0.1, -0.05) is 30.3 Å². The first-order valence-electron chi connectivity index (χ1n) is 8.15. The van der Waals surface area contributed by atoms with Crippen LogP contribution in [0.1, 0.15) is 27.9 Å². The van der Waals surface area contributed by atoms with Gasteiger partial charge in [0.15, 0.2) is 0 Å². The number of carbonyl (C=O) groups excluding carboxylic acids is 2. The van der Waals surface area contributed by atoms with Crippen molar-refractivity contribution in [2.45, 2.75) is 25.2 Å². The minimum Gasteiger partial charge on any atom is -0.340 e. The van der Waals surface area contributed by atoms with Crippen LogP contribution in [-0.2, 0) is 17.5 Å². The minimum absolute atomic E-state index is 0.0901. The molecular formula is C19H17F3N2O2. The summed E-state index contributed by atoms with van der Waals surface area (Å²) in [4.78, 5) is 26.3. The van der Waals surface area contributed by atoms with Crippen molar-refractivity contribution in [3.05, 3.63) is 71.3 Å². The molecule has 4 nitrogen and oxygen atoms in total. The number of rotatable bonds is 4.